The Hall–Kier alpha value is -1.59. The molecule has 3 saturated carbocycles. The number of urea groups is 1. The number of nitrogens with one attached hydrogen (secondary N) is 1. The highest BCUT2D eigenvalue weighted by Crippen LogP contribution is 2.66. The van der Waals surface area contributed by atoms with Crippen LogP contribution in [-0.2, 0) is 9.59 Å². The lowest BCUT2D eigenvalue weighted by Crippen LogP contribution is -2.61. The van der Waals surface area contributed by atoms with Gasteiger partial charge >= 0.3 is 6.03 Å². The van der Waals surface area contributed by atoms with Crippen LogP contribution >= 0.6 is 0 Å². The number of carbonyl (C=O) groups is 3. The molecule has 0 radical (unpaired) electrons. The van der Waals surface area contributed by atoms with E-state index in [0.29, 0.717) is 36.1 Å². The zero-order valence-electron chi connectivity index (χ0n) is 21.8. The molecule has 33 heavy (non-hydrogen) atoms. The lowest BCUT2D eigenvalue weighted by Gasteiger charge is -2.61. The summed E-state index contributed by atoms with van der Waals surface area (Å²) >= 11 is 0. The van der Waals surface area contributed by atoms with Gasteiger partial charge in [0.05, 0.1) is 0 Å². The van der Waals surface area contributed by atoms with Gasteiger partial charge in [0.25, 0.3) is 0 Å². The highest BCUT2D eigenvalue weighted by atomic mass is 16.2. The Morgan fingerprint density at radius 2 is 1.64 bits per heavy atom. The van der Waals surface area contributed by atoms with Crippen LogP contribution in [0.25, 0.3) is 0 Å². The Morgan fingerprint density at radius 1 is 0.970 bits per heavy atom. The predicted octanol–water partition coefficient (Wildman–Crippen LogP) is 4.82. The van der Waals surface area contributed by atoms with Gasteiger partial charge in [-0.3, -0.25) is 14.5 Å². The van der Waals surface area contributed by atoms with Crippen molar-refractivity contribution in [1.29, 1.82) is 0 Å². The summed E-state index contributed by atoms with van der Waals surface area (Å²) in [6, 6.07) is -0.0433. The van der Waals surface area contributed by atoms with E-state index in [2.05, 4.69) is 19.2 Å². The molecule has 4 unspecified atom stereocenters. The third-order valence-corrected chi connectivity index (χ3v) is 10.2. The smallest absolute Gasteiger partial charge is 0.324 e. The topological polar surface area (TPSA) is 69.7 Å². The summed E-state index contributed by atoms with van der Waals surface area (Å²) in [6.07, 6.45) is 8.07. The van der Waals surface area contributed by atoms with Crippen molar-refractivity contribution in [3.63, 3.8) is 0 Å². The van der Waals surface area contributed by atoms with E-state index in [1.807, 2.05) is 39.6 Å². The number of carbonyl (C=O) groups excluding carboxylic acids is 3. The van der Waals surface area contributed by atoms with Gasteiger partial charge in [-0.15, -0.1) is 0 Å². The Morgan fingerprint density at radius 3 is 2.27 bits per heavy atom. The van der Waals surface area contributed by atoms with Crippen LogP contribution in [0, 0.1) is 34.5 Å². The number of nitrogens with zero attached hydrogens (tertiary/aromatic N) is 2. The third-order valence-electron chi connectivity index (χ3n) is 10.2. The maximum atomic E-state index is 13.8. The number of amides is 4. The minimum absolute atomic E-state index is 0.00494. The molecule has 186 valence electrons. The molecular weight excluding hydrogens is 414 g/mol. The number of hydrogen-bond donors (Lipinski definition) is 1. The first-order valence-electron chi connectivity index (χ1n) is 13.3. The summed E-state index contributed by atoms with van der Waals surface area (Å²) in [5.74, 6) is 2.04. The van der Waals surface area contributed by atoms with Crippen molar-refractivity contribution in [2.45, 2.75) is 111 Å². The Labute approximate surface area is 200 Å². The summed E-state index contributed by atoms with van der Waals surface area (Å²) in [7, 11) is 2.00. The summed E-state index contributed by atoms with van der Waals surface area (Å²) in [5, 5.41) is 2.94. The van der Waals surface area contributed by atoms with E-state index in [0.717, 1.165) is 44.9 Å². The molecule has 4 amide bonds. The minimum Gasteiger partial charge on any atom is -0.342 e. The van der Waals surface area contributed by atoms with E-state index >= 15 is 0 Å². The predicted molar refractivity (Wildman–Crippen MR) is 129 cm³/mol. The van der Waals surface area contributed by atoms with E-state index < -0.39 is 0 Å². The van der Waals surface area contributed by atoms with Crippen LogP contribution in [0.15, 0.2) is 0 Å². The average Bonchev–Trinajstić information content (AvgIpc) is 3.07. The lowest BCUT2D eigenvalue weighted by atomic mass is 9.47. The molecule has 6 nitrogen and oxygen atoms in total. The van der Waals surface area contributed by atoms with E-state index in [1.165, 1.54) is 4.90 Å². The first-order chi connectivity index (χ1) is 15.4. The van der Waals surface area contributed by atoms with Crippen molar-refractivity contribution in [1.82, 2.24) is 15.1 Å². The van der Waals surface area contributed by atoms with Gasteiger partial charge in [0.1, 0.15) is 0 Å². The normalized spacial score (nSPS) is 40.3. The highest BCUT2D eigenvalue weighted by molar-refractivity contribution is 5.96. The van der Waals surface area contributed by atoms with Crippen molar-refractivity contribution < 1.29 is 14.4 Å². The summed E-state index contributed by atoms with van der Waals surface area (Å²) in [5.41, 5.74) is 0.152. The van der Waals surface area contributed by atoms with Crippen molar-refractivity contribution in [2.75, 3.05) is 7.05 Å². The number of likely N-dealkylation sites (tertiary alicyclic amines) is 1. The van der Waals surface area contributed by atoms with E-state index in [1.54, 1.807) is 0 Å². The maximum absolute atomic E-state index is 13.8. The number of piperidine rings is 1. The molecule has 0 aromatic heterocycles. The van der Waals surface area contributed by atoms with Gasteiger partial charge in [-0.05, 0) is 101 Å². The van der Waals surface area contributed by atoms with E-state index in [4.69, 9.17) is 0 Å². The Balaban J connectivity index is 1.56. The Bertz CT molecular complexity index is 810. The van der Waals surface area contributed by atoms with Gasteiger partial charge in [0.15, 0.2) is 0 Å². The average molecular weight is 460 g/mol. The first kappa shape index (κ1) is 24.5. The maximum Gasteiger partial charge on any atom is 0.324 e. The monoisotopic (exact) mass is 459 g/mol. The minimum atomic E-state index is -0.256. The third kappa shape index (κ3) is 3.80. The zero-order valence-corrected chi connectivity index (χ0v) is 21.8. The second-order valence-electron chi connectivity index (χ2n) is 12.6. The van der Waals surface area contributed by atoms with Crippen LogP contribution in [0.4, 0.5) is 4.79 Å². The van der Waals surface area contributed by atoms with Gasteiger partial charge < -0.3 is 10.2 Å². The molecule has 3 aliphatic carbocycles. The molecule has 4 rings (SSSR count). The van der Waals surface area contributed by atoms with Crippen LogP contribution in [0.5, 0.6) is 0 Å². The van der Waals surface area contributed by atoms with E-state index in [9.17, 15) is 14.4 Å². The number of fused-ring (bicyclic) bond motifs is 5. The summed E-state index contributed by atoms with van der Waals surface area (Å²) in [6.45, 7) is 12.5. The lowest BCUT2D eigenvalue weighted by molar-refractivity contribution is -0.161. The van der Waals surface area contributed by atoms with Crippen LogP contribution in [0.3, 0.4) is 0 Å². The SMILES string of the molecule is CC(C)NC(=O)N(C(=O)C1CCC2C3CC[C@H]4N(C)C(=O)CC[C@]4(C)C3CC[C@]12C)C(C)C. The molecule has 1 saturated heterocycles. The summed E-state index contributed by atoms with van der Waals surface area (Å²) < 4.78 is 0. The molecule has 0 bridgehead atoms. The van der Waals surface area contributed by atoms with Gasteiger partial charge in [0.2, 0.25) is 11.8 Å². The quantitative estimate of drug-likeness (QED) is 0.658. The molecule has 6 heteroatoms. The van der Waals surface area contributed by atoms with Crippen LogP contribution in [-0.4, -0.2) is 52.8 Å². The molecule has 7 atom stereocenters. The van der Waals surface area contributed by atoms with Crippen molar-refractivity contribution in [3.05, 3.63) is 0 Å². The largest absolute Gasteiger partial charge is 0.342 e. The second kappa shape index (κ2) is 8.57. The molecule has 4 aliphatic rings. The molecule has 0 aromatic rings. The number of rotatable bonds is 3. The molecule has 1 aliphatic heterocycles. The van der Waals surface area contributed by atoms with Gasteiger partial charge in [0, 0.05) is 37.5 Å². The highest BCUT2D eigenvalue weighted by Gasteiger charge is 2.62. The van der Waals surface area contributed by atoms with Crippen molar-refractivity contribution >= 4 is 17.8 Å². The fourth-order valence-corrected chi connectivity index (χ4v) is 8.63. The first-order valence-corrected chi connectivity index (χ1v) is 13.3. The van der Waals surface area contributed by atoms with Gasteiger partial charge in [-0.2, -0.15) is 0 Å². The summed E-state index contributed by atoms with van der Waals surface area (Å²) in [4.78, 5) is 42.7. The molecule has 0 aromatic carbocycles. The number of imide groups is 1. The fraction of sp³-hybridized carbons (Fsp3) is 0.889. The molecule has 1 N–H and O–H groups in total. The van der Waals surface area contributed by atoms with Crippen molar-refractivity contribution in [2.24, 2.45) is 34.5 Å². The molecule has 0 spiro atoms. The molecule has 4 fully saturated rings. The van der Waals surface area contributed by atoms with Crippen LogP contribution in [0.2, 0.25) is 0 Å². The van der Waals surface area contributed by atoms with Gasteiger partial charge in [-0.25, -0.2) is 4.79 Å². The standard InChI is InChI=1S/C27H45N3O3/c1-16(2)28-25(33)30(17(3)4)24(32)21-10-9-19-18-8-11-22-27(6,15-13-23(31)29(22)7)20(18)12-14-26(19,21)5/h16-22H,8-15H2,1-7H3,(H,28,33)/t18?,19?,20?,21?,22-,26+,27-/m1/s1. The van der Waals surface area contributed by atoms with Crippen LogP contribution in [0.1, 0.15) is 92.9 Å². The van der Waals surface area contributed by atoms with Gasteiger partial charge in [-0.1, -0.05) is 13.8 Å². The Kier molecular flexibility index (Phi) is 6.37. The second-order valence-corrected chi connectivity index (χ2v) is 12.6. The van der Waals surface area contributed by atoms with E-state index in [-0.39, 0.29) is 40.8 Å². The molecule has 1 heterocycles. The van der Waals surface area contributed by atoms with Crippen LogP contribution < -0.4 is 5.32 Å². The zero-order chi connectivity index (χ0) is 24.3. The molecular formula is C27H45N3O3. The fourth-order valence-electron chi connectivity index (χ4n) is 8.63. The number of hydrogen-bond acceptors (Lipinski definition) is 3. The van der Waals surface area contributed by atoms with Crippen molar-refractivity contribution in [3.8, 4) is 0 Å².